The minimum atomic E-state index is 0.162. The molecule has 3 heteroatoms. The fourth-order valence-electron chi connectivity index (χ4n) is 1.45. The molecule has 0 spiro atoms. The van der Waals surface area contributed by atoms with Gasteiger partial charge in [-0.05, 0) is 24.1 Å². The van der Waals surface area contributed by atoms with Gasteiger partial charge >= 0.3 is 0 Å². The van der Waals surface area contributed by atoms with E-state index >= 15 is 0 Å². The Kier molecular flexibility index (Phi) is 5.73. The average Bonchev–Trinajstić information content (AvgIpc) is 2.33. The summed E-state index contributed by atoms with van der Waals surface area (Å²) in [6.07, 6.45) is 1.43. The molecule has 0 saturated carbocycles. The number of methoxy groups -OCH3 is 1. The van der Waals surface area contributed by atoms with Gasteiger partial charge in [-0.1, -0.05) is 32.9 Å². The molecule has 2 nitrogen and oxygen atoms in total. The summed E-state index contributed by atoms with van der Waals surface area (Å²) in [5, 5.41) is 0. The Morgan fingerprint density at radius 3 is 2.33 bits per heavy atom. The molecule has 1 aromatic carbocycles. The predicted molar refractivity (Wildman–Crippen MR) is 78.5 cm³/mol. The minimum absolute atomic E-state index is 0.162. The lowest BCUT2D eigenvalue weighted by Crippen LogP contribution is -2.13. The molecule has 0 aliphatic heterocycles. The van der Waals surface area contributed by atoms with Crippen molar-refractivity contribution in [1.29, 1.82) is 0 Å². The number of rotatable bonds is 6. The molecule has 0 aliphatic rings. The van der Waals surface area contributed by atoms with E-state index < -0.39 is 0 Å². The monoisotopic (exact) mass is 266 g/mol. The number of hydrogen-bond acceptors (Lipinski definition) is 3. The van der Waals surface area contributed by atoms with Crippen molar-refractivity contribution in [3.05, 3.63) is 29.8 Å². The zero-order valence-electron chi connectivity index (χ0n) is 11.7. The minimum Gasteiger partial charge on any atom is -0.497 e. The Morgan fingerprint density at radius 2 is 1.83 bits per heavy atom. The SMILES string of the molecule is COc1ccc(CCC(=O)CSC(C)(C)C)cc1. The van der Waals surface area contributed by atoms with Crippen LogP contribution in [-0.2, 0) is 11.2 Å². The number of hydrogen-bond donors (Lipinski definition) is 0. The Labute approximate surface area is 114 Å². The summed E-state index contributed by atoms with van der Waals surface area (Å²) in [5.41, 5.74) is 1.19. The molecule has 0 bridgehead atoms. The zero-order valence-corrected chi connectivity index (χ0v) is 12.5. The molecule has 100 valence electrons. The highest BCUT2D eigenvalue weighted by Crippen LogP contribution is 2.23. The summed E-state index contributed by atoms with van der Waals surface area (Å²) in [5.74, 6) is 1.79. The number of benzene rings is 1. The number of thioether (sulfide) groups is 1. The van der Waals surface area contributed by atoms with Crippen molar-refractivity contribution in [3.63, 3.8) is 0 Å². The standard InChI is InChI=1S/C15H22O2S/c1-15(2,3)18-11-13(16)8-5-12-6-9-14(17-4)10-7-12/h6-7,9-10H,5,8,11H2,1-4H3. The van der Waals surface area contributed by atoms with Crippen LogP contribution in [0.3, 0.4) is 0 Å². The molecule has 0 atom stereocenters. The zero-order chi connectivity index (χ0) is 13.6. The molecule has 0 aliphatic carbocycles. The second-order valence-corrected chi connectivity index (χ2v) is 7.09. The van der Waals surface area contributed by atoms with Gasteiger partial charge in [-0.2, -0.15) is 0 Å². The molecule has 0 fully saturated rings. The third-order valence-electron chi connectivity index (χ3n) is 2.52. The molecule has 0 saturated heterocycles. The van der Waals surface area contributed by atoms with Crippen LogP contribution in [-0.4, -0.2) is 23.4 Å². The first kappa shape index (κ1) is 15.1. The van der Waals surface area contributed by atoms with Crippen molar-refractivity contribution in [3.8, 4) is 5.75 Å². The van der Waals surface area contributed by atoms with Gasteiger partial charge in [0.25, 0.3) is 0 Å². The molecule has 1 aromatic rings. The van der Waals surface area contributed by atoms with Crippen LogP contribution in [0.1, 0.15) is 32.8 Å². The molecular formula is C15H22O2S. The Morgan fingerprint density at radius 1 is 1.22 bits per heavy atom. The van der Waals surface area contributed by atoms with Crippen molar-refractivity contribution in [1.82, 2.24) is 0 Å². The molecule has 18 heavy (non-hydrogen) atoms. The summed E-state index contributed by atoms with van der Waals surface area (Å²) in [6.45, 7) is 6.40. The molecule has 0 N–H and O–H groups in total. The van der Waals surface area contributed by atoms with E-state index in [0.717, 1.165) is 12.2 Å². The summed E-state index contributed by atoms with van der Waals surface area (Å²) >= 11 is 1.71. The summed E-state index contributed by atoms with van der Waals surface area (Å²) < 4.78 is 5.26. The van der Waals surface area contributed by atoms with E-state index in [9.17, 15) is 4.79 Å². The van der Waals surface area contributed by atoms with E-state index in [1.807, 2.05) is 24.3 Å². The largest absolute Gasteiger partial charge is 0.497 e. The van der Waals surface area contributed by atoms with Gasteiger partial charge in [0.05, 0.1) is 12.9 Å². The van der Waals surface area contributed by atoms with E-state index in [1.54, 1.807) is 18.9 Å². The first-order valence-corrected chi connectivity index (χ1v) is 7.18. The number of ether oxygens (including phenoxy) is 1. The van der Waals surface area contributed by atoms with Gasteiger partial charge in [-0.3, -0.25) is 4.79 Å². The number of ketones is 1. The van der Waals surface area contributed by atoms with Crippen molar-refractivity contribution in [2.45, 2.75) is 38.4 Å². The predicted octanol–water partition coefficient (Wildman–Crippen LogP) is 3.73. The normalized spacial score (nSPS) is 11.3. The van der Waals surface area contributed by atoms with Gasteiger partial charge in [-0.15, -0.1) is 11.8 Å². The summed E-state index contributed by atoms with van der Waals surface area (Å²) in [4.78, 5) is 11.7. The lowest BCUT2D eigenvalue weighted by atomic mass is 10.1. The lowest BCUT2D eigenvalue weighted by Gasteiger charge is -2.16. The van der Waals surface area contributed by atoms with Crippen LogP contribution in [0, 0.1) is 0 Å². The highest BCUT2D eigenvalue weighted by Gasteiger charge is 2.13. The molecular weight excluding hydrogens is 244 g/mol. The third kappa shape index (κ3) is 6.10. The van der Waals surface area contributed by atoms with Crippen LogP contribution in [0.4, 0.5) is 0 Å². The van der Waals surface area contributed by atoms with E-state index in [1.165, 1.54) is 5.56 Å². The maximum absolute atomic E-state index is 11.7. The van der Waals surface area contributed by atoms with E-state index in [-0.39, 0.29) is 4.75 Å². The highest BCUT2D eigenvalue weighted by atomic mass is 32.2. The summed E-state index contributed by atoms with van der Waals surface area (Å²) in [7, 11) is 1.66. The second-order valence-electron chi connectivity index (χ2n) is 5.29. The van der Waals surface area contributed by atoms with Crippen LogP contribution in [0.2, 0.25) is 0 Å². The van der Waals surface area contributed by atoms with E-state index in [4.69, 9.17) is 4.74 Å². The molecule has 0 heterocycles. The maximum atomic E-state index is 11.7. The maximum Gasteiger partial charge on any atom is 0.143 e. The molecule has 0 radical (unpaired) electrons. The van der Waals surface area contributed by atoms with E-state index in [2.05, 4.69) is 20.8 Å². The van der Waals surface area contributed by atoms with Gasteiger partial charge in [0.15, 0.2) is 0 Å². The first-order valence-electron chi connectivity index (χ1n) is 6.19. The molecule has 0 aromatic heterocycles. The fraction of sp³-hybridized carbons (Fsp3) is 0.533. The molecule has 0 unspecified atom stereocenters. The van der Waals surface area contributed by atoms with Gasteiger partial charge in [0.2, 0.25) is 0 Å². The first-order chi connectivity index (χ1) is 8.40. The van der Waals surface area contributed by atoms with Crippen LogP contribution < -0.4 is 4.74 Å². The van der Waals surface area contributed by atoms with Gasteiger partial charge in [0, 0.05) is 11.2 Å². The fourth-order valence-corrected chi connectivity index (χ4v) is 2.18. The Balaban J connectivity index is 2.33. The van der Waals surface area contributed by atoms with Crippen molar-refractivity contribution < 1.29 is 9.53 Å². The smallest absolute Gasteiger partial charge is 0.143 e. The quantitative estimate of drug-likeness (QED) is 0.785. The number of aryl methyl sites for hydroxylation is 1. The Bertz CT molecular complexity index is 376. The van der Waals surface area contributed by atoms with Gasteiger partial charge in [0.1, 0.15) is 11.5 Å². The van der Waals surface area contributed by atoms with Gasteiger partial charge < -0.3 is 4.74 Å². The topological polar surface area (TPSA) is 26.3 Å². The number of Topliss-reactive ketones (excluding diaryl/α,β-unsaturated/α-hetero) is 1. The van der Waals surface area contributed by atoms with Crippen LogP contribution in [0.15, 0.2) is 24.3 Å². The highest BCUT2D eigenvalue weighted by molar-refractivity contribution is 8.01. The van der Waals surface area contributed by atoms with Crippen molar-refractivity contribution in [2.24, 2.45) is 0 Å². The lowest BCUT2D eigenvalue weighted by molar-refractivity contribution is -0.116. The summed E-state index contributed by atoms with van der Waals surface area (Å²) in [6, 6.07) is 7.90. The third-order valence-corrected chi connectivity index (χ3v) is 3.85. The van der Waals surface area contributed by atoms with Crippen LogP contribution in [0.5, 0.6) is 5.75 Å². The Hall–Kier alpha value is -0.960. The molecule has 1 rings (SSSR count). The van der Waals surface area contributed by atoms with Crippen molar-refractivity contribution in [2.75, 3.05) is 12.9 Å². The average molecular weight is 266 g/mol. The number of carbonyl (C=O) groups is 1. The van der Waals surface area contributed by atoms with Crippen LogP contribution >= 0.6 is 11.8 Å². The van der Waals surface area contributed by atoms with Crippen molar-refractivity contribution >= 4 is 17.5 Å². The second kappa shape index (κ2) is 6.83. The van der Waals surface area contributed by atoms with Gasteiger partial charge in [-0.25, -0.2) is 0 Å². The van der Waals surface area contributed by atoms with Crippen LogP contribution in [0.25, 0.3) is 0 Å². The van der Waals surface area contributed by atoms with E-state index in [0.29, 0.717) is 18.0 Å². The molecule has 0 amide bonds. The number of carbonyl (C=O) groups excluding carboxylic acids is 1.